The smallest absolute Gasteiger partial charge is 0.282 e. The Morgan fingerprint density at radius 2 is 1.83 bits per heavy atom. The normalized spacial score (nSPS) is 16.8. The number of carbonyl (C=O) groups is 1. The Balaban J connectivity index is 1.36. The van der Waals surface area contributed by atoms with Crippen LogP contribution < -0.4 is 10.5 Å². The number of anilines is 1. The summed E-state index contributed by atoms with van der Waals surface area (Å²) in [6.45, 7) is 5.91. The predicted octanol–water partition coefficient (Wildman–Crippen LogP) is 4.66. The van der Waals surface area contributed by atoms with Crippen LogP contribution in [-0.4, -0.2) is 38.9 Å². The topological polar surface area (TPSA) is 81.0 Å². The summed E-state index contributed by atoms with van der Waals surface area (Å²) >= 11 is 6.41. The van der Waals surface area contributed by atoms with E-state index in [1.165, 1.54) is 5.56 Å². The maximum Gasteiger partial charge on any atom is 0.282 e. The molecule has 0 atom stereocenters. The first-order valence-corrected chi connectivity index (χ1v) is 12.1. The maximum absolute atomic E-state index is 12.9. The van der Waals surface area contributed by atoms with Crippen LogP contribution in [0.15, 0.2) is 53.6 Å². The molecule has 2 aromatic heterocycles. The van der Waals surface area contributed by atoms with Gasteiger partial charge in [0, 0.05) is 25.5 Å². The van der Waals surface area contributed by atoms with Crippen LogP contribution in [0.5, 0.6) is 0 Å². The van der Waals surface area contributed by atoms with Crippen LogP contribution in [0.1, 0.15) is 59.9 Å². The molecule has 7 nitrogen and oxygen atoms in total. The number of piperidine rings is 1. The van der Waals surface area contributed by atoms with Gasteiger partial charge >= 0.3 is 0 Å². The molecule has 4 heterocycles. The molecule has 6 rings (SSSR count). The summed E-state index contributed by atoms with van der Waals surface area (Å²) in [5.41, 5.74) is 4.10. The molecule has 2 aromatic carbocycles. The van der Waals surface area contributed by atoms with E-state index in [9.17, 15) is 9.59 Å². The van der Waals surface area contributed by atoms with Crippen molar-refractivity contribution in [2.45, 2.75) is 38.0 Å². The number of hydrogen-bond acceptors (Lipinski definition) is 6. The van der Waals surface area contributed by atoms with Crippen LogP contribution in [0.3, 0.4) is 0 Å². The number of aromatic nitrogens is 4. The highest BCUT2D eigenvalue weighted by atomic mass is 35.5. The highest BCUT2D eigenvalue weighted by Crippen LogP contribution is 2.44. The van der Waals surface area contributed by atoms with E-state index >= 15 is 0 Å². The van der Waals surface area contributed by atoms with Crippen LogP contribution in [0.4, 0.5) is 5.95 Å². The second kappa shape index (κ2) is 7.99. The summed E-state index contributed by atoms with van der Waals surface area (Å²) in [5.74, 6) is 1.81. The van der Waals surface area contributed by atoms with Crippen molar-refractivity contribution in [2.24, 2.45) is 0 Å². The van der Waals surface area contributed by atoms with Crippen molar-refractivity contribution in [3.63, 3.8) is 0 Å². The molecule has 0 N–H and O–H groups in total. The Labute approximate surface area is 207 Å². The first kappa shape index (κ1) is 21.9. The van der Waals surface area contributed by atoms with Crippen molar-refractivity contribution < 1.29 is 4.79 Å². The average molecular weight is 486 g/mol. The lowest BCUT2D eigenvalue weighted by molar-refractivity contribution is 0.112. The van der Waals surface area contributed by atoms with E-state index in [0.717, 1.165) is 54.8 Å². The van der Waals surface area contributed by atoms with E-state index in [2.05, 4.69) is 56.5 Å². The van der Waals surface area contributed by atoms with E-state index in [-0.39, 0.29) is 5.56 Å². The second-order valence-corrected chi connectivity index (χ2v) is 10.2. The molecule has 1 saturated heterocycles. The van der Waals surface area contributed by atoms with Gasteiger partial charge in [-0.15, -0.1) is 0 Å². The van der Waals surface area contributed by atoms with Gasteiger partial charge in [-0.2, -0.15) is 4.98 Å². The van der Waals surface area contributed by atoms with Gasteiger partial charge in [0.05, 0.1) is 32.6 Å². The lowest BCUT2D eigenvalue weighted by Crippen LogP contribution is -2.34. The number of rotatable bonds is 3. The van der Waals surface area contributed by atoms with E-state index in [0.29, 0.717) is 27.8 Å². The molecule has 176 valence electrons. The number of benzene rings is 2. The molecular formula is C27H24ClN5O2. The summed E-state index contributed by atoms with van der Waals surface area (Å²) in [7, 11) is 0. The van der Waals surface area contributed by atoms with Crippen molar-refractivity contribution in [2.75, 3.05) is 18.0 Å². The fourth-order valence-electron chi connectivity index (χ4n) is 5.49. The van der Waals surface area contributed by atoms with Crippen LogP contribution >= 0.6 is 11.6 Å². The molecule has 2 aliphatic heterocycles. The van der Waals surface area contributed by atoms with Gasteiger partial charge < -0.3 is 4.90 Å². The minimum atomic E-state index is -0.391. The van der Waals surface area contributed by atoms with Gasteiger partial charge in [-0.05, 0) is 61.9 Å². The molecule has 35 heavy (non-hydrogen) atoms. The zero-order chi connectivity index (χ0) is 24.3. The second-order valence-electron chi connectivity index (χ2n) is 9.81. The molecule has 0 unspecified atom stereocenters. The first-order chi connectivity index (χ1) is 16.9. The van der Waals surface area contributed by atoms with Crippen molar-refractivity contribution in [1.29, 1.82) is 0 Å². The zero-order valence-corrected chi connectivity index (χ0v) is 20.3. The lowest BCUT2D eigenvalue weighted by Gasteiger charge is -2.32. The lowest BCUT2D eigenvalue weighted by atomic mass is 9.83. The number of nitrogens with zero attached hydrogens (tertiary/aromatic N) is 5. The molecule has 0 spiro atoms. The first-order valence-electron chi connectivity index (χ1n) is 11.8. The fourth-order valence-corrected chi connectivity index (χ4v) is 5.75. The highest BCUT2D eigenvalue weighted by molar-refractivity contribution is 6.35. The molecular weight excluding hydrogens is 462 g/mol. The summed E-state index contributed by atoms with van der Waals surface area (Å²) in [6.07, 6.45) is 5.84. The van der Waals surface area contributed by atoms with Crippen molar-refractivity contribution in [3.05, 3.63) is 86.7 Å². The molecule has 0 aliphatic carbocycles. The number of aldehydes is 1. The number of carbonyl (C=O) groups excluding carboxylic acids is 1. The number of fused-ring (bicyclic) bond motifs is 5. The highest BCUT2D eigenvalue weighted by Gasteiger charge is 2.39. The summed E-state index contributed by atoms with van der Waals surface area (Å²) < 4.78 is 2.11. The molecule has 0 saturated carbocycles. The van der Waals surface area contributed by atoms with Gasteiger partial charge in [0.25, 0.3) is 5.56 Å². The van der Waals surface area contributed by atoms with Gasteiger partial charge in [0.2, 0.25) is 5.95 Å². The summed E-state index contributed by atoms with van der Waals surface area (Å²) in [4.78, 5) is 39.1. The van der Waals surface area contributed by atoms with Gasteiger partial charge in [0.15, 0.2) is 6.29 Å². The molecule has 0 bridgehead atoms. The fraction of sp³-hybridized carbons (Fsp3) is 0.296. The van der Waals surface area contributed by atoms with E-state index in [1.54, 1.807) is 18.5 Å². The van der Waals surface area contributed by atoms with Gasteiger partial charge in [-0.25, -0.2) is 9.97 Å². The van der Waals surface area contributed by atoms with Crippen LogP contribution in [0.2, 0.25) is 5.02 Å². The zero-order valence-electron chi connectivity index (χ0n) is 19.5. The monoisotopic (exact) mass is 485 g/mol. The third-order valence-electron chi connectivity index (χ3n) is 7.40. The molecule has 1 fully saturated rings. The minimum Gasteiger partial charge on any atom is -0.341 e. The van der Waals surface area contributed by atoms with Crippen molar-refractivity contribution in [1.82, 2.24) is 19.5 Å². The molecule has 0 amide bonds. The number of halogens is 1. The van der Waals surface area contributed by atoms with Crippen molar-refractivity contribution >= 4 is 34.7 Å². The Bertz CT molecular complexity index is 1540. The summed E-state index contributed by atoms with van der Waals surface area (Å²) in [6, 6.07) is 12.2. The van der Waals surface area contributed by atoms with E-state index < -0.39 is 5.41 Å². The Morgan fingerprint density at radius 3 is 2.54 bits per heavy atom. The third-order valence-corrected chi connectivity index (χ3v) is 7.72. The third kappa shape index (κ3) is 3.37. The average Bonchev–Trinajstić information content (AvgIpc) is 3.10. The SMILES string of the molecule is CC1(C)c2ccc(C3CCN(c4ncc(C=O)cn4)CC3)cc2-n2c1nc(=O)c1c(Cl)cccc12. The van der Waals surface area contributed by atoms with Crippen LogP contribution in [-0.2, 0) is 5.41 Å². The van der Waals surface area contributed by atoms with E-state index in [1.807, 2.05) is 12.1 Å². The van der Waals surface area contributed by atoms with Crippen LogP contribution in [0, 0.1) is 0 Å². The molecule has 0 radical (unpaired) electrons. The molecule has 8 heteroatoms. The molecule has 2 aliphatic rings. The predicted molar refractivity (Wildman–Crippen MR) is 136 cm³/mol. The standard InChI is InChI=1S/C27H24ClN5O2/c1-27(2)19-7-6-18(17-8-10-32(11-9-17)26-29-13-16(15-34)14-30-26)12-22(19)33-21-5-3-4-20(28)23(21)24(35)31-25(27)33/h3-7,12-15,17H,8-11H2,1-2H3. The Hall–Kier alpha value is -3.58. The van der Waals surface area contributed by atoms with Gasteiger partial charge in [-0.3, -0.25) is 14.2 Å². The van der Waals surface area contributed by atoms with Gasteiger partial charge in [0.1, 0.15) is 5.82 Å². The summed E-state index contributed by atoms with van der Waals surface area (Å²) in [5, 5.41) is 0.884. The molecule has 4 aromatic rings. The largest absolute Gasteiger partial charge is 0.341 e. The Kier molecular flexibility index (Phi) is 5.00. The minimum absolute atomic E-state index is 0.284. The van der Waals surface area contributed by atoms with E-state index in [4.69, 9.17) is 11.6 Å². The quantitative estimate of drug-likeness (QED) is 0.392. The number of hydrogen-bond donors (Lipinski definition) is 0. The maximum atomic E-state index is 12.9. The van der Waals surface area contributed by atoms with Crippen LogP contribution in [0.25, 0.3) is 16.6 Å². The van der Waals surface area contributed by atoms with Gasteiger partial charge in [-0.1, -0.05) is 29.8 Å². The Morgan fingerprint density at radius 1 is 1.09 bits per heavy atom. The van der Waals surface area contributed by atoms with Crippen molar-refractivity contribution in [3.8, 4) is 5.69 Å².